The highest BCUT2D eigenvalue weighted by Gasteiger charge is 2.17. The fourth-order valence-electron chi connectivity index (χ4n) is 2.26. The van der Waals surface area contributed by atoms with Gasteiger partial charge in [0.1, 0.15) is 0 Å². The van der Waals surface area contributed by atoms with Crippen molar-refractivity contribution >= 4 is 5.97 Å². The molecule has 0 aliphatic carbocycles. The summed E-state index contributed by atoms with van der Waals surface area (Å²) in [7, 11) is 0. The van der Waals surface area contributed by atoms with Gasteiger partial charge in [-0.2, -0.15) is 0 Å². The number of carboxylic acids is 1. The van der Waals surface area contributed by atoms with E-state index in [1.807, 2.05) is 18.2 Å². The van der Waals surface area contributed by atoms with E-state index in [1.165, 1.54) is 0 Å². The quantitative estimate of drug-likeness (QED) is 0.789. The van der Waals surface area contributed by atoms with Gasteiger partial charge in [-0.3, -0.25) is 4.79 Å². The van der Waals surface area contributed by atoms with Crippen LogP contribution in [0.4, 0.5) is 0 Å². The zero-order valence-electron chi connectivity index (χ0n) is 12.2. The lowest BCUT2D eigenvalue weighted by molar-refractivity contribution is -0.137. The molecule has 21 heavy (non-hydrogen) atoms. The van der Waals surface area contributed by atoms with Gasteiger partial charge in [-0.1, -0.05) is 13.0 Å². The SMILES string of the molecule is CC1COc2ccc(C(O)CCCCC(=O)O)cc2OC1. The van der Waals surface area contributed by atoms with Crippen molar-refractivity contribution in [2.45, 2.75) is 38.7 Å². The normalized spacial score (nSPS) is 18.9. The zero-order valence-corrected chi connectivity index (χ0v) is 12.2. The van der Waals surface area contributed by atoms with E-state index in [4.69, 9.17) is 14.6 Å². The molecule has 5 heteroatoms. The smallest absolute Gasteiger partial charge is 0.303 e. The maximum atomic E-state index is 10.4. The van der Waals surface area contributed by atoms with Gasteiger partial charge in [-0.05, 0) is 37.0 Å². The van der Waals surface area contributed by atoms with Gasteiger partial charge in [-0.15, -0.1) is 0 Å². The summed E-state index contributed by atoms with van der Waals surface area (Å²) in [6.45, 7) is 3.29. The number of aliphatic hydroxyl groups excluding tert-OH is 1. The van der Waals surface area contributed by atoms with E-state index in [0.717, 1.165) is 5.56 Å². The highest BCUT2D eigenvalue weighted by molar-refractivity contribution is 5.66. The summed E-state index contributed by atoms with van der Waals surface area (Å²) in [5.41, 5.74) is 0.780. The Morgan fingerprint density at radius 1 is 1.29 bits per heavy atom. The molecule has 0 radical (unpaired) electrons. The van der Waals surface area contributed by atoms with Gasteiger partial charge in [0.25, 0.3) is 0 Å². The molecule has 0 saturated heterocycles. The first-order chi connectivity index (χ1) is 10.1. The first-order valence-electron chi connectivity index (χ1n) is 7.35. The molecule has 0 amide bonds. The third-order valence-electron chi connectivity index (χ3n) is 3.52. The predicted octanol–water partition coefficient (Wildman–Crippen LogP) is 2.77. The highest BCUT2D eigenvalue weighted by atomic mass is 16.5. The molecule has 1 aromatic rings. The van der Waals surface area contributed by atoms with Crippen LogP contribution in [0, 0.1) is 5.92 Å². The number of aliphatic carboxylic acids is 1. The molecule has 2 atom stereocenters. The number of fused-ring (bicyclic) bond motifs is 1. The molecule has 0 bridgehead atoms. The van der Waals surface area contributed by atoms with Crippen LogP contribution in [0.5, 0.6) is 11.5 Å². The third-order valence-corrected chi connectivity index (χ3v) is 3.52. The van der Waals surface area contributed by atoms with Crippen LogP contribution >= 0.6 is 0 Å². The van der Waals surface area contributed by atoms with Crippen molar-refractivity contribution in [2.24, 2.45) is 5.92 Å². The van der Waals surface area contributed by atoms with Gasteiger partial charge in [0.15, 0.2) is 11.5 Å². The second-order valence-corrected chi connectivity index (χ2v) is 5.59. The van der Waals surface area contributed by atoms with Crippen molar-refractivity contribution in [3.05, 3.63) is 23.8 Å². The maximum Gasteiger partial charge on any atom is 0.303 e. The van der Waals surface area contributed by atoms with Crippen molar-refractivity contribution < 1.29 is 24.5 Å². The summed E-state index contributed by atoms with van der Waals surface area (Å²) in [5.74, 6) is 0.915. The molecule has 0 spiro atoms. The molecule has 1 heterocycles. The van der Waals surface area contributed by atoms with Crippen LogP contribution in [0.3, 0.4) is 0 Å². The Labute approximate surface area is 124 Å². The number of aliphatic hydroxyl groups is 1. The number of rotatable bonds is 6. The van der Waals surface area contributed by atoms with E-state index in [1.54, 1.807) is 0 Å². The molecule has 116 valence electrons. The summed E-state index contributed by atoms with van der Waals surface area (Å²) in [6.07, 6.45) is 1.34. The molecular weight excluding hydrogens is 272 g/mol. The van der Waals surface area contributed by atoms with E-state index in [9.17, 15) is 9.90 Å². The second-order valence-electron chi connectivity index (χ2n) is 5.59. The van der Waals surface area contributed by atoms with E-state index in [2.05, 4.69) is 6.92 Å². The summed E-state index contributed by atoms with van der Waals surface area (Å²) >= 11 is 0. The Morgan fingerprint density at radius 2 is 2.00 bits per heavy atom. The van der Waals surface area contributed by atoms with Crippen molar-refractivity contribution in [2.75, 3.05) is 13.2 Å². The topological polar surface area (TPSA) is 76.0 Å². The minimum atomic E-state index is -0.797. The molecule has 2 N–H and O–H groups in total. The Hall–Kier alpha value is -1.75. The lowest BCUT2D eigenvalue weighted by atomic mass is 10.0. The number of unbranched alkanes of at least 4 members (excludes halogenated alkanes) is 1. The van der Waals surface area contributed by atoms with Gasteiger partial charge in [0.05, 0.1) is 19.3 Å². The first-order valence-corrected chi connectivity index (χ1v) is 7.35. The fraction of sp³-hybridized carbons (Fsp3) is 0.562. The number of carbonyl (C=O) groups is 1. The van der Waals surface area contributed by atoms with E-state index in [-0.39, 0.29) is 6.42 Å². The average molecular weight is 294 g/mol. The van der Waals surface area contributed by atoms with E-state index in [0.29, 0.717) is 49.9 Å². The van der Waals surface area contributed by atoms with Gasteiger partial charge in [0, 0.05) is 12.3 Å². The predicted molar refractivity (Wildman–Crippen MR) is 77.7 cm³/mol. The minimum absolute atomic E-state index is 0.145. The number of ether oxygens (including phenoxy) is 2. The summed E-state index contributed by atoms with van der Waals surface area (Å²) in [5, 5.41) is 18.7. The van der Waals surface area contributed by atoms with Crippen LogP contribution < -0.4 is 9.47 Å². The van der Waals surface area contributed by atoms with Crippen molar-refractivity contribution in [1.82, 2.24) is 0 Å². The van der Waals surface area contributed by atoms with Gasteiger partial charge >= 0.3 is 5.97 Å². The Balaban J connectivity index is 1.93. The van der Waals surface area contributed by atoms with E-state index < -0.39 is 12.1 Å². The summed E-state index contributed by atoms with van der Waals surface area (Å²) < 4.78 is 11.3. The molecule has 2 unspecified atom stereocenters. The summed E-state index contributed by atoms with van der Waals surface area (Å²) in [4.78, 5) is 10.4. The van der Waals surface area contributed by atoms with Crippen molar-refractivity contribution in [1.29, 1.82) is 0 Å². The fourth-order valence-corrected chi connectivity index (χ4v) is 2.26. The number of hydrogen-bond donors (Lipinski definition) is 2. The van der Waals surface area contributed by atoms with Crippen LogP contribution in [0.25, 0.3) is 0 Å². The van der Waals surface area contributed by atoms with Crippen LogP contribution in [0.15, 0.2) is 18.2 Å². The lowest BCUT2D eigenvalue weighted by Gasteiger charge is -2.13. The third kappa shape index (κ3) is 4.63. The Kier molecular flexibility index (Phi) is 5.44. The second kappa shape index (κ2) is 7.31. The maximum absolute atomic E-state index is 10.4. The van der Waals surface area contributed by atoms with Crippen LogP contribution in [-0.2, 0) is 4.79 Å². The molecule has 1 aliphatic heterocycles. The lowest BCUT2D eigenvalue weighted by Crippen LogP contribution is -2.12. The van der Waals surface area contributed by atoms with E-state index >= 15 is 0 Å². The molecule has 5 nitrogen and oxygen atoms in total. The average Bonchev–Trinajstić information content (AvgIpc) is 2.65. The van der Waals surface area contributed by atoms with Gasteiger partial charge < -0.3 is 19.7 Å². The van der Waals surface area contributed by atoms with Gasteiger partial charge in [-0.25, -0.2) is 0 Å². The van der Waals surface area contributed by atoms with Crippen LogP contribution in [0.1, 0.15) is 44.3 Å². The van der Waals surface area contributed by atoms with Crippen molar-refractivity contribution in [3.8, 4) is 11.5 Å². The Bertz CT molecular complexity index is 486. The zero-order chi connectivity index (χ0) is 15.2. The minimum Gasteiger partial charge on any atom is -0.489 e. The molecule has 2 rings (SSSR count). The molecule has 0 saturated carbocycles. The number of carboxylic acid groups (broad SMARTS) is 1. The monoisotopic (exact) mass is 294 g/mol. The number of hydrogen-bond acceptors (Lipinski definition) is 4. The van der Waals surface area contributed by atoms with Crippen LogP contribution in [0.2, 0.25) is 0 Å². The first kappa shape index (κ1) is 15.6. The molecule has 0 fully saturated rings. The Morgan fingerprint density at radius 3 is 2.71 bits per heavy atom. The van der Waals surface area contributed by atoms with Crippen LogP contribution in [-0.4, -0.2) is 29.4 Å². The molecule has 0 aromatic heterocycles. The summed E-state index contributed by atoms with van der Waals surface area (Å²) in [6, 6.07) is 5.47. The number of benzene rings is 1. The van der Waals surface area contributed by atoms with Crippen molar-refractivity contribution in [3.63, 3.8) is 0 Å². The molecular formula is C16H22O5. The van der Waals surface area contributed by atoms with Gasteiger partial charge in [0.2, 0.25) is 0 Å². The molecule has 1 aromatic carbocycles. The highest BCUT2D eigenvalue weighted by Crippen LogP contribution is 2.34. The molecule has 1 aliphatic rings. The standard InChI is InChI=1S/C16H22O5/c1-11-9-20-14-7-6-12(8-15(14)21-10-11)13(17)4-2-3-5-16(18)19/h6-8,11,13,17H,2-5,9-10H2,1H3,(H,18,19). The largest absolute Gasteiger partial charge is 0.489 e.